The van der Waals surface area contributed by atoms with Crippen molar-refractivity contribution in [3.63, 3.8) is 0 Å². The number of halogens is 5. The average Bonchev–Trinajstić information content (AvgIpc) is 2.30. The van der Waals surface area contributed by atoms with Crippen LogP contribution in [0, 0.1) is 0 Å². The van der Waals surface area contributed by atoms with Crippen molar-refractivity contribution in [1.29, 1.82) is 0 Å². The number of urea groups is 1. The van der Waals surface area contributed by atoms with E-state index in [-0.39, 0.29) is 0 Å². The molecule has 0 radical (unpaired) electrons. The van der Waals surface area contributed by atoms with Crippen molar-refractivity contribution in [3.05, 3.63) is 28.2 Å². The maximum atomic E-state index is 11.7. The van der Waals surface area contributed by atoms with Crippen molar-refractivity contribution in [2.45, 2.75) is 9.96 Å². The lowest BCUT2D eigenvalue weighted by Crippen LogP contribution is -2.52. The Bertz CT molecular complexity index is 469. The fourth-order valence-corrected chi connectivity index (χ4v) is 2.07. The molecule has 112 valence electrons. The number of hydrogen-bond donors (Lipinski definition) is 2. The third kappa shape index (κ3) is 4.93. The quantitative estimate of drug-likeness (QED) is 0.605. The minimum atomic E-state index is -1.80. The largest absolute Gasteiger partial charge is 0.359 e. The smallest absolute Gasteiger partial charge is 0.318 e. The van der Waals surface area contributed by atoms with Gasteiger partial charge in [-0.25, -0.2) is 4.79 Å². The summed E-state index contributed by atoms with van der Waals surface area (Å²) in [5.74, 6) is 0. The zero-order chi connectivity index (χ0) is 15.5. The molecular weight excluding hydrogens is 367 g/mol. The van der Waals surface area contributed by atoms with Crippen LogP contribution in [0.2, 0.25) is 10.0 Å². The van der Waals surface area contributed by atoms with Gasteiger partial charge in [0, 0.05) is 14.1 Å². The van der Waals surface area contributed by atoms with Crippen molar-refractivity contribution in [1.82, 2.24) is 10.2 Å². The minimum absolute atomic E-state index is 0.343. The van der Waals surface area contributed by atoms with Gasteiger partial charge in [-0.2, -0.15) is 0 Å². The molecule has 0 spiro atoms. The molecule has 1 atom stereocenters. The molecule has 0 aliphatic heterocycles. The number of amides is 2. The van der Waals surface area contributed by atoms with E-state index in [4.69, 9.17) is 58.0 Å². The summed E-state index contributed by atoms with van der Waals surface area (Å²) < 4.78 is -1.80. The van der Waals surface area contributed by atoms with Crippen LogP contribution in [0.4, 0.5) is 10.5 Å². The molecule has 0 aliphatic rings. The maximum absolute atomic E-state index is 11.7. The number of carbonyl (C=O) groups excluding carboxylic acids is 1. The molecule has 2 N–H and O–H groups in total. The van der Waals surface area contributed by atoms with Crippen LogP contribution in [0.3, 0.4) is 0 Å². The average molecular weight is 380 g/mol. The van der Waals surface area contributed by atoms with Gasteiger partial charge >= 0.3 is 6.03 Å². The summed E-state index contributed by atoms with van der Waals surface area (Å²) in [7, 11) is 3.13. The number of para-hydroxylation sites is 1. The van der Waals surface area contributed by atoms with Gasteiger partial charge in [-0.1, -0.05) is 64.1 Å². The molecular formula is C11H12Cl5N3O. The van der Waals surface area contributed by atoms with Crippen molar-refractivity contribution in [2.24, 2.45) is 0 Å². The molecule has 1 aromatic rings. The molecule has 0 bridgehead atoms. The molecule has 1 rings (SSSR count). The number of rotatable bonds is 3. The van der Waals surface area contributed by atoms with E-state index in [1.165, 1.54) is 4.90 Å². The third-order valence-corrected chi connectivity index (χ3v) is 3.54. The number of carbonyl (C=O) groups is 1. The summed E-state index contributed by atoms with van der Waals surface area (Å²) >= 11 is 29.6. The van der Waals surface area contributed by atoms with Crippen molar-refractivity contribution >= 4 is 69.7 Å². The topological polar surface area (TPSA) is 44.4 Å². The predicted molar refractivity (Wildman–Crippen MR) is 86.4 cm³/mol. The Morgan fingerprint density at radius 1 is 1.20 bits per heavy atom. The van der Waals surface area contributed by atoms with Crippen LogP contribution < -0.4 is 10.6 Å². The standard InChI is InChI=1S/C11H12Cl5N3O/c1-19(2)10(20)18-9(11(14,15)16)17-8-6(12)4-3-5-7(8)13/h3-5,9,17H,1-2H3,(H,18,20)/t9-/m1/s1. The Morgan fingerprint density at radius 2 is 1.70 bits per heavy atom. The van der Waals surface area contributed by atoms with Gasteiger partial charge in [0.05, 0.1) is 15.7 Å². The van der Waals surface area contributed by atoms with Gasteiger partial charge in [0.2, 0.25) is 3.79 Å². The molecule has 0 aliphatic carbocycles. The van der Waals surface area contributed by atoms with Crippen LogP contribution in [0.15, 0.2) is 18.2 Å². The van der Waals surface area contributed by atoms with E-state index >= 15 is 0 Å². The van der Waals surface area contributed by atoms with E-state index in [0.29, 0.717) is 15.7 Å². The summed E-state index contributed by atoms with van der Waals surface area (Å²) in [6.07, 6.45) is -1.01. The van der Waals surface area contributed by atoms with Crippen molar-refractivity contribution in [2.75, 3.05) is 19.4 Å². The minimum Gasteiger partial charge on any atom is -0.359 e. The second kappa shape index (κ2) is 7.14. The highest BCUT2D eigenvalue weighted by Gasteiger charge is 2.35. The van der Waals surface area contributed by atoms with E-state index in [1.54, 1.807) is 32.3 Å². The highest BCUT2D eigenvalue weighted by molar-refractivity contribution is 6.68. The first-order valence-corrected chi connectivity index (χ1v) is 7.27. The number of hydrogen-bond acceptors (Lipinski definition) is 2. The van der Waals surface area contributed by atoms with Gasteiger partial charge in [0.25, 0.3) is 0 Å². The molecule has 0 aromatic heterocycles. The van der Waals surface area contributed by atoms with Crippen LogP contribution in [0.1, 0.15) is 0 Å². The van der Waals surface area contributed by atoms with E-state index in [2.05, 4.69) is 10.6 Å². The normalized spacial score (nSPS) is 12.8. The zero-order valence-corrected chi connectivity index (χ0v) is 14.3. The van der Waals surface area contributed by atoms with Gasteiger partial charge in [0.1, 0.15) is 6.17 Å². The second-order valence-corrected chi connectivity index (χ2v) is 7.24. The SMILES string of the molecule is CN(C)C(=O)N[C@@H](Nc1c(Cl)cccc1Cl)C(Cl)(Cl)Cl. The Kier molecular flexibility index (Phi) is 6.35. The zero-order valence-electron chi connectivity index (χ0n) is 10.6. The Balaban J connectivity index is 2.99. The first kappa shape index (κ1) is 17.8. The lowest BCUT2D eigenvalue weighted by atomic mass is 10.3. The van der Waals surface area contributed by atoms with Gasteiger partial charge in [-0.15, -0.1) is 0 Å². The van der Waals surface area contributed by atoms with Crippen LogP contribution in [0.25, 0.3) is 0 Å². The van der Waals surface area contributed by atoms with Crippen LogP contribution >= 0.6 is 58.0 Å². The molecule has 9 heteroatoms. The summed E-state index contributed by atoms with van der Waals surface area (Å²) in [4.78, 5) is 13.0. The summed E-state index contributed by atoms with van der Waals surface area (Å²) in [5.41, 5.74) is 0.367. The van der Waals surface area contributed by atoms with E-state index in [1.807, 2.05) is 0 Å². The van der Waals surface area contributed by atoms with Crippen molar-refractivity contribution < 1.29 is 4.79 Å². The molecule has 2 amide bonds. The number of nitrogens with one attached hydrogen (secondary N) is 2. The Labute approximate surface area is 142 Å². The molecule has 20 heavy (non-hydrogen) atoms. The van der Waals surface area contributed by atoms with Gasteiger partial charge in [0.15, 0.2) is 0 Å². The van der Waals surface area contributed by atoms with Crippen LogP contribution in [0.5, 0.6) is 0 Å². The second-order valence-electron chi connectivity index (χ2n) is 4.06. The lowest BCUT2D eigenvalue weighted by molar-refractivity contribution is 0.214. The number of benzene rings is 1. The monoisotopic (exact) mass is 377 g/mol. The summed E-state index contributed by atoms with van der Waals surface area (Å²) in [6.45, 7) is 0. The molecule has 0 heterocycles. The summed E-state index contributed by atoms with van der Waals surface area (Å²) in [6, 6.07) is 4.49. The molecule has 1 aromatic carbocycles. The van der Waals surface area contributed by atoms with Crippen LogP contribution in [-0.2, 0) is 0 Å². The number of anilines is 1. The van der Waals surface area contributed by atoms with E-state index < -0.39 is 16.0 Å². The lowest BCUT2D eigenvalue weighted by Gasteiger charge is -2.29. The molecule has 0 saturated heterocycles. The van der Waals surface area contributed by atoms with E-state index in [9.17, 15) is 4.79 Å². The maximum Gasteiger partial charge on any atom is 0.318 e. The highest BCUT2D eigenvalue weighted by Crippen LogP contribution is 2.35. The van der Waals surface area contributed by atoms with Gasteiger partial charge < -0.3 is 15.5 Å². The summed E-state index contributed by atoms with van der Waals surface area (Å²) in [5, 5.41) is 6.03. The van der Waals surface area contributed by atoms with Gasteiger partial charge in [-0.3, -0.25) is 0 Å². The number of alkyl halides is 3. The highest BCUT2D eigenvalue weighted by atomic mass is 35.6. The molecule has 0 fully saturated rings. The first-order valence-electron chi connectivity index (χ1n) is 5.38. The van der Waals surface area contributed by atoms with Crippen LogP contribution in [-0.4, -0.2) is 35.0 Å². The van der Waals surface area contributed by atoms with Crippen molar-refractivity contribution in [3.8, 4) is 0 Å². The van der Waals surface area contributed by atoms with Gasteiger partial charge in [-0.05, 0) is 12.1 Å². The molecule has 0 saturated carbocycles. The molecule has 4 nitrogen and oxygen atoms in total. The van der Waals surface area contributed by atoms with E-state index in [0.717, 1.165) is 0 Å². The third-order valence-electron chi connectivity index (χ3n) is 2.25. The Morgan fingerprint density at radius 3 is 2.10 bits per heavy atom. The first-order chi connectivity index (χ1) is 9.12. The molecule has 0 unspecified atom stereocenters. The number of nitrogens with zero attached hydrogens (tertiary/aromatic N) is 1. The fourth-order valence-electron chi connectivity index (χ4n) is 1.23. The predicted octanol–water partition coefficient (Wildman–Crippen LogP) is 4.37. The Hall–Kier alpha value is -0.260. The fraction of sp³-hybridized carbons (Fsp3) is 0.364.